The number of benzene rings is 1. The molecule has 27 heavy (non-hydrogen) atoms. The standard InChI is InChI=1S/C21H33NO4S/c1-3-4-5-6-7-8-14-22-21(24)13-15-27-20(16-23)17-26-19-11-9-18(25-2)10-12-19/h9-13,15,20,23H,3-8,14,16-17H2,1-2H3,(H,22,24)/b15-13-. The molecule has 1 aromatic rings. The molecule has 0 saturated heterocycles. The number of aliphatic hydroxyl groups excluding tert-OH is 1. The summed E-state index contributed by atoms with van der Waals surface area (Å²) in [5, 5.41) is 13.9. The number of thioether (sulfide) groups is 1. The van der Waals surface area contributed by atoms with Crippen LogP contribution in [0.25, 0.3) is 0 Å². The van der Waals surface area contributed by atoms with Crippen molar-refractivity contribution in [2.75, 3.05) is 26.9 Å². The minimum Gasteiger partial charge on any atom is -0.497 e. The summed E-state index contributed by atoms with van der Waals surface area (Å²) in [7, 11) is 1.62. The molecule has 0 fully saturated rings. The second kappa shape index (κ2) is 15.4. The van der Waals surface area contributed by atoms with Crippen LogP contribution in [0.2, 0.25) is 0 Å². The maximum atomic E-state index is 11.8. The molecule has 1 rings (SSSR count). The van der Waals surface area contributed by atoms with E-state index in [0.717, 1.165) is 24.3 Å². The number of carbonyl (C=O) groups excluding carboxylic acids is 1. The number of unbranched alkanes of at least 4 members (excludes halogenated alkanes) is 5. The van der Waals surface area contributed by atoms with Crippen LogP contribution in [0, 0.1) is 0 Å². The lowest BCUT2D eigenvalue weighted by molar-refractivity contribution is -0.116. The highest BCUT2D eigenvalue weighted by Gasteiger charge is 2.08. The van der Waals surface area contributed by atoms with Crippen LogP contribution in [0.1, 0.15) is 45.4 Å². The molecule has 5 nitrogen and oxygen atoms in total. The highest BCUT2D eigenvalue weighted by atomic mass is 32.2. The topological polar surface area (TPSA) is 67.8 Å². The maximum Gasteiger partial charge on any atom is 0.244 e. The van der Waals surface area contributed by atoms with Crippen LogP contribution in [0.5, 0.6) is 11.5 Å². The molecule has 1 amide bonds. The molecule has 1 aromatic carbocycles. The van der Waals surface area contributed by atoms with Crippen LogP contribution in [0.3, 0.4) is 0 Å². The van der Waals surface area contributed by atoms with E-state index in [-0.39, 0.29) is 17.8 Å². The molecule has 0 aliphatic heterocycles. The number of nitrogens with one attached hydrogen (secondary N) is 1. The van der Waals surface area contributed by atoms with Crippen LogP contribution in [-0.4, -0.2) is 43.1 Å². The Morgan fingerprint density at radius 1 is 1.15 bits per heavy atom. The maximum absolute atomic E-state index is 11.8. The lowest BCUT2D eigenvalue weighted by Crippen LogP contribution is -2.22. The summed E-state index contributed by atoms with van der Waals surface area (Å²) in [6.07, 6.45) is 8.75. The van der Waals surface area contributed by atoms with E-state index < -0.39 is 0 Å². The van der Waals surface area contributed by atoms with E-state index >= 15 is 0 Å². The van der Waals surface area contributed by atoms with Crippen molar-refractivity contribution in [2.24, 2.45) is 0 Å². The van der Waals surface area contributed by atoms with Crippen molar-refractivity contribution < 1.29 is 19.4 Å². The predicted octanol–water partition coefficient (Wildman–Crippen LogP) is 4.16. The van der Waals surface area contributed by atoms with Gasteiger partial charge >= 0.3 is 0 Å². The van der Waals surface area contributed by atoms with E-state index in [1.165, 1.54) is 43.5 Å². The third kappa shape index (κ3) is 11.6. The Labute approximate surface area is 167 Å². The number of carbonyl (C=O) groups is 1. The first-order chi connectivity index (χ1) is 13.2. The SMILES string of the molecule is CCCCCCCCNC(=O)/C=C\SC(CO)COc1ccc(OC)cc1. The largest absolute Gasteiger partial charge is 0.497 e. The van der Waals surface area contributed by atoms with Gasteiger partial charge in [-0.3, -0.25) is 4.79 Å². The molecule has 0 saturated carbocycles. The van der Waals surface area contributed by atoms with Gasteiger partial charge < -0.3 is 19.9 Å². The predicted molar refractivity (Wildman–Crippen MR) is 112 cm³/mol. The summed E-state index contributed by atoms with van der Waals surface area (Å²) in [5.74, 6) is 1.39. The average molecular weight is 396 g/mol. The van der Waals surface area contributed by atoms with Gasteiger partial charge in [0.05, 0.1) is 19.0 Å². The third-order valence-electron chi connectivity index (χ3n) is 4.02. The summed E-state index contributed by atoms with van der Waals surface area (Å²) >= 11 is 1.39. The van der Waals surface area contributed by atoms with Crippen LogP contribution >= 0.6 is 11.8 Å². The molecule has 0 aliphatic rings. The molecular weight excluding hydrogens is 362 g/mol. The van der Waals surface area contributed by atoms with E-state index in [2.05, 4.69) is 12.2 Å². The van der Waals surface area contributed by atoms with Gasteiger partial charge in [0.1, 0.15) is 18.1 Å². The number of aliphatic hydroxyl groups is 1. The zero-order valence-electron chi connectivity index (χ0n) is 16.5. The Balaban J connectivity index is 2.17. The van der Waals surface area contributed by atoms with Crippen LogP contribution in [-0.2, 0) is 4.79 Å². The fraction of sp³-hybridized carbons (Fsp3) is 0.571. The van der Waals surface area contributed by atoms with Gasteiger partial charge in [0.2, 0.25) is 5.91 Å². The number of rotatable bonds is 15. The van der Waals surface area contributed by atoms with E-state index in [4.69, 9.17) is 9.47 Å². The van der Waals surface area contributed by atoms with Gasteiger partial charge in [0.15, 0.2) is 0 Å². The molecule has 2 N–H and O–H groups in total. The first kappa shape index (κ1) is 23.4. The number of methoxy groups -OCH3 is 1. The van der Waals surface area contributed by atoms with Crippen molar-refractivity contribution in [2.45, 2.75) is 50.7 Å². The Morgan fingerprint density at radius 3 is 2.48 bits per heavy atom. The summed E-state index contributed by atoms with van der Waals surface area (Å²) < 4.78 is 10.8. The molecule has 152 valence electrons. The Kier molecular flexibility index (Phi) is 13.3. The van der Waals surface area contributed by atoms with Gasteiger partial charge in [-0.15, -0.1) is 11.8 Å². The van der Waals surface area contributed by atoms with Crippen molar-refractivity contribution in [1.82, 2.24) is 5.32 Å². The second-order valence-electron chi connectivity index (χ2n) is 6.29. The van der Waals surface area contributed by atoms with Crippen molar-refractivity contribution in [1.29, 1.82) is 0 Å². The van der Waals surface area contributed by atoms with Crippen LogP contribution in [0.15, 0.2) is 35.7 Å². The molecule has 0 spiro atoms. The van der Waals surface area contributed by atoms with Gasteiger partial charge in [-0.1, -0.05) is 39.0 Å². The number of hydrogen-bond acceptors (Lipinski definition) is 5. The minimum absolute atomic E-state index is 0.0233. The lowest BCUT2D eigenvalue weighted by Gasteiger charge is -2.13. The van der Waals surface area contributed by atoms with Crippen LogP contribution in [0.4, 0.5) is 0 Å². The van der Waals surface area contributed by atoms with Crippen molar-refractivity contribution in [3.8, 4) is 11.5 Å². The van der Waals surface area contributed by atoms with Gasteiger partial charge in [-0.2, -0.15) is 0 Å². The number of amides is 1. The number of ether oxygens (including phenoxy) is 2. The zero-order valence-corrected chi connectivity index (χ0v) is 17.3. The fourth-order valence-corrected chi connectivity index (χ4v) is 3.04. The average Bonchev–Trinajstić information content (AvgIpc) is 2.70. The number of hydrogen-bond donors (Lipinski definition) is 2. The Hall–Kier alpha value is -1.66. The molecule has 0 radical (unpaired) electrons. The smallest absolute Gasteiger partial charge is 0.244 e. The second-order valence-corrected chi connectivity index (χ2v) is 7.50. The van der Waals surface area contributed by atoms with Gasteiger partial charge in [-0.25, -0.2) is 0 Å². The summed E-state index contributed by atoms with van der Waals surface area (Å²) in [4.78, 5) is 11.8. The van der Waals surface area contributed by atoms with Crippen molar-refractivity contribution in [3.05, 3.63) is 35.7 Å². The molecule has 6 heteroatoms. The van der Waals surface area contributed by atoms with Gasteiger partial charge in [0, 0.05) is 12.6 Å². The van der Waals surface area contributed by atoms with Crippen molar-refractivity contribution >= 4 is 17.7 Å². The molecule has 0 bridgehead atoms. The molecule has 1 unspecified atom stereocenters. The summed E-state index contributed by atoms with van der Waals surface area (Å²) in [5.41, 5.74) is 0. The third-order valence-corrected chi connectivity index (χ3v) is 4.98. The van der Waals surface area contributed by atoms with E-state index in [1.54, 1.807) is 12.5 Å². The minimum atomic E-state index is -0.130. The zero-order chi connectivity index (χ0) is 19.7. The molecule has 0 aliphatic carbocycles. The summed E-state index contributed by atoms with van der Waals surface area (Å²) in [6, 6.07) is 7.29. The lowest BCUT2D eigenvalue weighted by atomic mass is 10.1. The highest BCUT2D eigenvalue weighted by Crippen LogP contribution is 2.19. The first-order valence-electron chi connectivity index (χ1n) is 9.67. The summed E-state index contributed by atoms with van der Waals surface area (Å²) in [6.45, 7) is 3.25. The monoisotopic (exact) mass is 395 g/mol. The quantitative estimate of drug-likeness (QED) is 0.345. The van der Waals surface area contributed by atoms with Crippen molar-refractivity contribution in [3.63, 3.8) is 0 Å². The molecular formula is C21H33NO4S. The van der Waals surface area contributed by atoms with Crippen LogP contribution < -0.4 is 14.8 Å². The highest BCUT2D eigenvalue weighted by molar-refractivity contribution is 8.02. The normalized spacial score (nSPS) is 12.1. The Morgan fingerprint density at radius 2 is 1.81 bits per heavy atom. The Bertz CT molecular complexity index is 533. The van der Waals surface area contributed by atoms with Gasteiger partial charge in [0.25, 0.3) is 0 Å². The molecule has 0 aromatic heterocycles. The first-order valence-corrected chi connectivity index (χ1v) is 10.6. The van der Waals surface area contributed by atoms with E-state index in [0.29, 0.717) is 13.2 Å². The molecule has 1 atom stereocenters. The van der Waals surface area contributed by atoms with Gasteiger partial charge in [-0.05, 0) is 36.1 Å². The fourth-order valence-electron chi connectivity index (χ4n) is 2.38. The molecule has 0 heterocycles. The van der Waals surface area contributed by atoms with E-state index in [1.807, 2.05) is 24.3 Å². The van der Waals surface area contributed by atoms with E-state index in [9.17, 15) is 9.90 Å².